The van der Waals surface area contributed by atoms with Crippen LogP contribution in [-0.4, -0.2) is 37.2 Å². The van der Waals surface area contributed by atoms with Crippen molar-refractivity contribution in [3.05, 3.63) is 167 Å². The number of hydrogen-bond donors (Lipinski definition) is 2. The van der Waals surface area contributed by atoms with Gasteiger partial charge in [-0.3, -0.25) is 10.1 Å². The quantitative estimate of drug-likeness (QED) is 0.122. The summed E-state index contributed by atoms with van der Waals surface area (Å²) < 4.78 is 11.8. The third kappa shape index (κ3) is 7.36. The molecular formula is C43H44N2O4. The Morgan fingerprint density at radius 3 is 1.73 bits per heavy atom. The van der Waals surface area contributed by atoms with Crippen molar-refractivity contribution in [1.82, 2.24) is 10.6 Å². The molecule has 6 nitrogen and oxygen atoms in total. The Morgan fingerprint density at radius 2 is 1.18 bits per heavy atom. The van der Waals surface area contributed by atoms with Crippen LogP contribution in [-0.2, 0) is 37.6 Å². The summed E-state index contributed by atoms with van der Waals surface area (Å²) in [5.74, 6) is -0.696. The largest absolute Gasteiger partial charge is 0.467 e. The number of carbonyl (C=O) groups excluding carboxylic acids is 2. The number of carbonyl (C=O) groups is 2. The average Bonchev–Trinajstić information content (AvgIpc) is 3.42. The van der Waals surface area contributed by atoms with Crippen LogP contribution >= 0.6 is 0 Å². The van der Waals surface area contributed by atoms with Gasteiger partial charge in [-0.1, -0.05) is 153 Å². The standard InChI is InChI=1S/C43H44N2O4/c1-30(2)27-39(42(47)48-3)44-41(46)40(49-29-32-19-9-5-10-20-32)38(28-31-17-7-4-8-18-31)45-43(33-21-11-6-12-22-33)36-25-15-13-23-34(36)35-24-14-16-26-37(35)43/h4-26,30,38-40,45H,27-29H2,1-3H3,(H,44,46)/t38-,39+,40+/m1/s1. The van der Waals surface area contributed by atoms with Crippen molar-refractivity contribution in [1.29, 1.82) is 0 Å². The molecule has 1 aliphatic carbocycles. The molecule has 1 amide bonds. The Balaban J connectivity index is 1.50. The van der Waals surface area contributed by atoms with Crippen LogP contribution in [0.3, 0.4) is 0 Å². The van der Waals surface area contributed by atoms with E-state index >= 15 is 0 Å². The molecule has 6 rings (SSSR count). The van der Waals surface area contributed by atoms with E-state index < -0.39 is 29.7 Å². The molecular weight excluding hydrogens is 608 g/mol. The lowest BCUT2D eigenvalue weighted by atomic mass is 9.79. The minimum absolute atomic E-state index is 0.152. The first-order valence-corrected chi connectivity index (χ1v) is 17.0. The SMILES string of the molecule is COC(=O)[C@H](CC(C)C)NC(=O)[C@@H](OCc1ccccc1)[C@@H](Cc1ccccc1)NC1(c2ccccc2)c2ccccc2-c2ccccc21. The summed E-state index contributed by atoms with van der Waals surface area (Å²) in [6.07, 6.45) is -0.0603. The lowest BCUT2D eigenvalue weighted by molar-refractivity contribution is -0.148. The van der Waals surface area contributed by atoms with E-state index in [1.54, 1.807) is 0 Å². The Hall–Kier alpha value is -5.04. The number of amides is 1. The van der Waals surface area contributed by atoms with Crippen LogP contribution in [0.25, 0.3) is 11.1 Å². The van der Waals surface area contributed by atoms with Crippen LogP contribution in [0.5, 0.6) is 0 Å². The van der Waals surface area contributed by atoms with Crippen LogP contribution < -0.4 is 10.6 Å². The Morgan fingerprint density at radius 1 is 0.673 bits per heavy atom. The summed E-state index contributed by atoms with van der Waals surface area (Å²) in [7, 11) is 1.35. The van der Waals surface area contributed by atoms with E-state index in [1.807, 2.05) is 68.4 Å². The first-order valence-electron chi connectivity index (χ1n) is 17.0. The Kier molecular flexibility index (Phi) is 10.7. The number of hydrogen-bond acceptors (Lipinski definition) is 5. The minimum Gasteiger partial charge on any atom is -0.467 e. The Bertz CT molecular complexity index is 1800. The van der Waals surface area contributed by atoms with Crippen molar-refractivity contribution in [2.24, 2.45) is 5.92 Å². The highest BCUT2D eigenvalue weighted by atomic mass is 16.5. The molecule has 0 unspecified atom stereocenters. The van der Waals surface area contributed by atoms with Crippen molar-refractivity contribution in [2.75, 3.05) is 7.11 Å². The molecule has 6 heteroatoms. The van der Waals surface area contributed by atoms with Gasteiger partial charge in [-0.2, -0.15) is 0 Å². The molecule has 2 N–H and O–H groups in total. The molecule has 0 heterocycles. The van der Waals surface area contributed by atoms with Crippen LogP contribution in [0.1, 0.15) is 48.1 Å². The predicted molar refractivity (Wildman–Crippen MR) is 194 cm³/mol. The molecule has 5 aromatic carbocycles. The zero-order chi connectivity index (χ0) is 34.2. The fourth-order valence-electron chi connectivity index (χ4n) is 7.07. The molecule has 250 valence electrons. The summed E-state index contributed by atoms with van der Waals surface area (Å²) in [6.45, 7) is 4.25. The fraction of sp³-hybridized carbons (Fsp3) is 0.256. The van der Waals surface area contributed by atoms with Crippen molar-refractivity contribution in [2.45, 2.75) is 57.0 Å². The molecule has 0 saturated carbocycles. The fourth-order valence-corrected chi connectivity index (χ4v) is 7.07. The topological polar surface area (TPSA) is 76.7 Å². The maximum atomic E-state index is 14.6. The molecule has 0 radical (unpaired) electrons. The van der Waals surface area contributed by atoms with Gasteiger partial charge in [0.05, 0.1) is 19.3 Å². The average molecular weight is 653 g/mol. The van der Waals surface area contributed by atoms with Gasteiger partial charge < -0.3 is 14.8 Å². The molecule has 3 atom stereocenters. The van der Waals surface area contributed by atoms with Gasteiger partial charge in [0.15, 0.2) is 6.10 Å². The molecule has 0 bridgehead atoms. The van der Waals surface area contributed by atoms with Gasteiger partial charge in [-0.15, -0.1) is 0 Å². The summed E-state index contributed by atoms with van der Waals surface area (Å²) in [4.78, 5) is 27.6. The molecule has 0 fully saturated rings. The Labute approximate surface area is 289 Å². The summed E-state index contributed by atoms with van der Waals surface area (Å²) >= 11 is 0. The van der Waals surface area contributed by atoms with E-state index in [0.29, 0.717) is 12.8 Å². The first-order chi connectivity index (χ1) is 23.9. The first kappa shape index (κ1) is 33.8. The van der Waals surface area contributed by atoms with E-state index in [1.165, 1.54) is 7.11 Å². The number of benzene rings is 5. The van der Waals surface area contributed by atoms with Gasteiger partial charge in [-0.05, 0) is 57.7 Å². The number of rotatable bonds is 14. The molecule has 0 aromatic heterocycles. The predicted octanol–water partition coefficient (Wildman–Crippen LogP) is 7.45. The molecule has 1 aliphatic rings. The minimum atomic E-state index is -0.986. The van der Waals surface area contributed by atoms with Crippen LogP contribution in [0.15, 0.2) is 140 Å². The van der Waals surface area contributed by atoms with Crippen molar-refractivity contribution in [3.8, 4) is 11.1 Å². The zero-order valence-electron chi connectivity index (χ0n) is 28.3. The van der Waals surface area contributed by atoms with Crippen molar-refractivity contribution in [3.63, 3.8) is 0 Å². The third-order valence-corrected chi connectivity index (χ3v) is 9.27. The number of methoxy groups -OCH3 is 1. The van der Waals surface area contributed by atoms with E-state index in [0.717, 1.165) is 38.9 Å². The second kappa shape index (κ2) is 15.5. The van der Waals surface area contributed by atoms with E-state index in [9.17, 15) is 9.59 Å². The number of nitrogens with one attached hydrogen (secondary N) is 2. The third-order valence-electron chi connectivity index (χ3n) is 9.27. The van der Waals surface area contributed by atoms with Crippen LogP contribution in [0.4, 0.5) is 0 Å². The maximum absolute atomic E-state index is 14.6. The second-order valence-corrected chi connectivity index (χ2v) is 13.1. The van der Waals surface area contributed by atoms with E-state index in [2.05, 4.69) is 95.6 Å². The van der Waals surface area contributed by atoms with Crippen molar-refractivity contribution >= 4 is 11.9 Å². The summed E-state index contributed by atoms with van der Waals surface area (Å²) in [5, 5.41) is 7.12. The van der Waals surface area contributed by atoms with Crippen molar-refractivity contribution < 1.29 is 19.1 Å². The monoisotopic (exact) mass is 652 g/mol. The lowest BCUT2D eigenvalue weighted by Crippen LogP contribution is -2.59. The zero-order valence-corrected chi connectivity index (χ0v) is 28.3. The van der Waals surface area contributed by atoms with Gasteiger partial charge in [0.25, 0.3) is 5.91 Å². The summed E-state index contributed by atoms with van der Waals surface area (Å²) in [6, 6.07) is 46.0. The smallest absolute Gasteiger partial charge is 0.328 e. The molecule has 5 aromatic rings. The normalized spacial score (nSPS) is 14.7. The van der Waals surface area contributed by atoms with E-state index in [-0.39, 0.29) is 18.4 Å². The van der Waals surface area contributed by atoms with Crippen LogP contribution in [0, 0.1) is 5.92 Å². The number of fused-ring (bicyclic) bond motifs is 3. The molecule has 49 heavy (non-hydrogen) atoms. The van der Waals surface area contributed by atoms with Gasteiger partial charge in [0.2, 0.25) is 0 Å². The maximum Gasteiger partial charge on any atom is 0.328 e. The highest BCUT2D eigenvalue weighted by molar-refractivity contribution is 5.88. The molecule has 0 aliphatic heterocycles. The lowest BCUT2D eigenvalue weighted by Gasteiger charge is -2.40. The second-order valence-electron chi connectivity index (χ2n) is 13.1. The van der Waals surface area contributed by atoms with Gasteiger partial charge >= 0.3 is 5.97 Å². The number of ether oxygens (including phenoxy) is 2. The molecule has 0 saturated heterocycles. The van der Waals surface area contributed by atoms with Gasteiger partial charge in [0.1, 0.15) is 6.04 Å². The van der Waals surface area contributed by atoms with Gasteiger partial charge in [0, 0.05) is 6.04 Å². The van der Waals surface area contributed by atoms with E-state index in [4.69, 9.17) is 9.47 Å². The number of esters is 1. The van der Waals surface area contributed by atoms with Crippen LogP contribution in [0.2, 0.25) is 0 Å². The molecule has 0 spiro atoms. The van der Waals surface area contributed by atoms with Gasteiger partial charge in [-0.25, -0.2) is 4.79 Å². The highest BCUT2D eigenvalue weighted by Gasteiger charge is 2.47. The highest BCUT2D eigenvalue weighted by Crippen LogP contribution is 2.51. The summed E-state index contributed by atoms with van der Waals surface area (Å²) in [5.41, 5.74) is 6.74.